The van der Waals surface area contributed by atoms with Crippen LogP contribution in [-0.2, 0) is 21.1 Å². The van der Waals surface area contributed by atoms with Crippen molar-refractivity contribution in [2.75, 3.05) is 12.3 Å². The zero-order chi connectivity index (χ0) is 17.7. The Morgan fingerprint density at radius 3 is 2.17 bits per heavy atom. The summed E-state index contributed by atoms with van der Waals surface area (Å²) in [6.07, 6.45) is 1.03. The van der Waals surface area contributed by atoms with Gasteiger partial charge in [0.1, 0.15) is 0 Å². The third-order valence-corrected chi connectivity index (χ3v) is 6.52. The van der Waals surface area contributed by atoms with Crippen molar-refractivity contribution >= 4 is 15.7 Å². The molecule has 4 nitrogen and oxygen atoms in total. The Morgan fingerprint density at radius 1 is 1.13 bits per heavy atom. The number of aryl methyl sites for hydroxylation is 1. The summed E-state index contributed by atoms with van der Waals surface area (Å²) in [5, 5.41) is 2.69. The molecular formula is C18H29NO3S. The van der Waals surface area contributed by atoms with Gasteiger partial charge in [-0.25, -0.2) is 8.42 Å². The van der Waals surface area contributed by atoms with E-state index in [9.17, 15) is 13.2 Å². The summed E-state index contributed by atoms with van der Waals surface area (Å²) in [6.45, 7) is 9.48. The van der Waals surface area contributed by atoms with Crippen molar-refractivity contribution < 1.29 is 13.2 Å². The van der Waals surface area contributed by atoms with E-state index in [1.807, 2.05) is 12.1 Å². The highest BCUT2D eigenvalue weighted by Crippen LogP contribution is 2.16. The molecule has 1 aromatic carbocycles. The molecule has 1 rings (SSSR count). The zero-order valence-electron chi connectivity index (χ0n) is 14.8. The van der Waals surface area contributed by atoms with Crippen LogP contribution in [0.5, 0.6) is 0 Å². The second kappa shape index (κ2) is 7.95. The number of sulfone groups is 1. The van der Waals surface area contributed by atoms with Crippen LogP contribution in [0.2, 0.25) is 0 Å². The monoisotopic (exact) mass is 339 g/mol. The van der Waals surface area contributed by atoms with Gasteiger partial charge in [-0.05, 0) is 44.2 Å². The molecule has 0 radical (unpaired) electrons. The minimum Gasteiger partial charge on any atom is -0.355 e. The van der Waals surface area contributed by atoms with Crippen LogP contribution < -0.4 is 5.32 Å². The van der Waals surface area contributed by atoms with Crippen molar-refractivity contribution in [1.82, 2.24) is 5.32 Å². The number of carbonyl (C=O) groups excluding carboxylic acids is 1. The predicted octanol–water partition coefficient (Wildman–Crippen LogP) is 3.07. The van der Waals surface area contributed by atoms with E-state index in [1.54, 1.807) is 20.8 Å². The lowest BCUT2D eigenvalue weighted by Gasteiger charge is -2.19. The van der Waals surface area contributed by atoms with E-state index in [4.69, 9.17) is 0 Å². The first-order chi connectivity index (χ1) is 10.5. The fourth-order valence-corrected chi connectivity index (χ4v) is 3.03. The van der Waals surface area contributed by atoms with Crippen molar-refractivity contribution in [3.63, 3.8) is 0 Å². The first kappa shape index (κ1) is 19.7. The maximum atomic E-state index is 11.9. The standard InChI is InChI=1S/C18H29NO3S/c1-14(2)16-9-6-15(7-10-16)8-11-17(20)19-12-13-23(21,22)18(3,4)5/h6-7,9-10,14H,8,11-13H2,1-5H3,(H,19,20). The van der Waals surface area contributed by atoms with Gasteiger partial charge in [-0.15, -0.1) is 0 Å². The molecule has 130 valence electrons. The predicted molar refractivity (Wildman–Crippen MR) is 95.4 cm³/mol. The largest absolute Gasteiger partial charge is 0.355 e. The summed E-state index contributed by atoms with van der Waals surface area (Å²) in [7, 11) is -3.19. The Morgan fingerprint density at radius 2 is 1.70 bits per heavy atom. The molecule has 1 aromatic rings. The number of benzene rings is 1. The molecule has 0 unspecified atom stereocenters. The van der Waals surface area contributed by atoms with Crippen molar-refractivity contribution in [2.24, 2.45) is 0 Å². The number of amides is 1. The van der Waals surface area contributed by atoms with E-state index in [-0.39, 0.29) is 18.2 Å². The highest BCUT2D eigenvalue weighted by atomic mass is 32.2. The van der Waals surface area contributed by atoms with Gasteiger partial charge in [-0.1, -0.05) is 38.1 Å². The molecule has 0 aliphatic heterocycles. The summed E-state index contributed by atoms with van der Waals surface area (Å²) >= 11 is 0. The lowest BCUT2D eigenvalue weighted by Crippen LogP contribution is -2.36. The first-order valence-corrected chi connectivity index (χ1v) is 9.76. The van der Waals surface area contributed by atoms with Gasteiger partial charge in [0.05, 0.1) is 10.5 Å². The van der Waals surface area contributed by atoms with Gasteiger partial charge >= 0.3 is 0 Å². The fourth-order valence-electron chi connectivity index (χ4n) is 2.05. The van der Waals surface area contributed by atoms with Gasteiger partial charge < -0.3 is 5.32 Å². The van der Waals surface area contributed by atoms with E-state index in [0.717, 1.165) is 5.56 Å². The fraction of sp³-hybridized carbons (Fsp3) is 0.611. The van der Waals surface area contributed by atoms with Gasteiger partial charge in [0.2, 0.25) is 5.91 Å². The molecule has 5 heteroatoms. The van der Waals surface area contributed by atoms with Crippen LogP contribution in [0.25, 0.3) is 0 Å². The van der Waals surface area contributed by atoms with Crippen molar-refractivity contribution in [2.45, 2.75) is 58.1 Å². The average Bonchev–Trinajstić information content (AvgIpc) is 2.44. The van der Waals surface area contributed by atoms with Crippen LogP contribution in [0.4, 0.5) is 0 Å². The number of rotatable bonds is 7. The molecule has 0 heterocycles. The molecule has 23 heavy (non-hydrogen) atoms. The van der Waals surface area contributed by atoms with E-state index >= 15 is 0 Å². The molecule has 0 aromatic heterocycles. The van der Waals surface area contributed by atoms with Gasteiger partial charge in [-0.2, -0.15) is 0 Å². The van der Waals surface area contributed by atoms with Gasteiger partial charge in [-0.3, -0.25) is 4.79 Å². The van der Waals surface area contributed by atoms with E-state index in [2.05, 4.69) is 31.3 Å². The topological polar surface area (TPSA) is 63.2 Å². The summed E-state index contributed by atoms with van der Waals surface area (Å²) in [6, 6.07) is 8.28. The van der Waals surface area contributed by atoms with Crippen LogP contribution in [0, 0.1) is 0 Å². The van der Waals surface area contributed by atoms with E-state index in [1.165, 1.54) is 5.56 Å². The first-order valence-electron chi connectivity index (χ1n) is 8.11. The molecule has 1 amide bonds. The van der Waals surface area contributed by atoms with Crippen LogP contribution >= 0.6 is 0 Å². The molecular weight excluding hydrogens is 310 g/mol. The average molecular weight is 340 g/mol. The second-order valence-corrected chi connectivity index (χ2v) is 10.0. The quantitative estimate of drug-likeness (QED) is 0.830. The zero-order valence-corrected chi connectivity index (χ0v) is 15.7. The normalized spacial score (nSPS) is 12.4. The number of nitrogens with one attached hydrogen (secondary N) is 1. The molecule has 0 saturated carbocycles. The molecule has 0 fully saturated rings. The molecule has 0 aliphatic carbocycles. The van der Waals surface area contributed by atoms with Crippen molar-refractivity contribution in [3.8, 4) is 0 Å². The maximum Gasteiger partial charge on any atom is 0.220 e. The van der Waals surface area contributed by atoms with Crippen molar-refractivity contribution in [3.05, 3.63) is 35.4 Å². The lowest BCUT2D eigenvalue weighted by molar-refractivity contribution is -0.120. The van der Waals surface area contributed by atoms with Crippen LogP contribution in [0.15, 0.2) is 24.3 Å². The minimum absolute atomic E-state index is 0.0225. The van der Waals surface area contributed by atoms with Crippen LogP contribution in [0.3, 0.4) is 0 Å². The number of hydrogen-bond donors (Lipinski definition) is 1. The number of carbonyl (C=O) groups is 1. The summed E-state index contributed by atoms with van der Waals surface area (Å²) in [5.74, 6) is 0.366. The highest BCUT2D eigenvalue weighted by Gasteiger charge is 2.28. The SMILES string of the molecule is CC(C)c1ccc(CCC(=O)NCCS(=O)(=O)C(C)(C)C)cc1. The number of hydrogen-bond acceptors (Lipinski definition) is 3. The third kappa shape index (κ3) is 6.34. The highest BCUT2D eigenvalue weighted by molar-refractivity contribution is 7.92. The Hall–Kier alpha value is -1.36. The van der Waals surface area contributed by atoms with Crippen LogP contribution in [0.1, 0.15) is 58.1 Å². The van der Waals surface area contributed by atoms with E-state index in [0.29, 0.717) is 18.8 Å². The minimum atomic E-state index is -3.19. The maximum absolute atomic E-state index is 11.9. The Bertz CT molecular complexity index is 611. The van der Waals surface area contributed by atoms with Gasteiger partial charge in [0.25, 0.3) is 0 Å². The van der Waals surface area contributed by atoms with Crippen LogP contribution in [-0.4, -0.2) is 31.4 Å². The third-order valence-electron chi connectivity index (χ3n) is 3.91. The summed E-state index contributed by atoms with van der Waals surface area (Å²) < 4.78 is 23.1. The lowest BCUT2D eigenvalue weighted by atomic mass is 10.0. The molecule has 0 atom stereocenters. The van der Waals surface area contributed by atoms with E-state index < -0.39 is 14.6 Å². The summed E-state index contributed by atoms with van der Waals surface area (Å²) in [4.78, 5) is 11.8. The molecule has 1 N–H and O–H groups in total. The molecule has 0 saturated heterocycles. The Labute approximate surface area is 140 Å². The van der Waals surface area contributed by atoms with Gasteiger partial charge in [0.15, 0.2) is 9.84 Å². The van der Waals surface area contributed by atoms with Crippen molar-refractivity contribution in [1.29, 1.82) is 0 Å². The second-order valence-electron chi connectivity index (χ2n) is 7.18. The molecule has 0 spiro atoms. The summed E-state index contributed by atoms with van der Waals surface area (Å²) in [5.41, 5.74) is 2.40. The Balaban J connectivity index is 2.38. The molecule has 0 aliphatic rings. The van der Waals surface area contributed by atoms with Gasteiger partial charge in [0, 0.05) is 13.0 Å². The smallest absolute Gasteiger partial charge is 0.220 e. The molecule has 0 bridgehead atoms. The Kier molecular flexibility index (Phi) is 6.81.